The maximum absolute atomic E-state index is 11.3. The molecule has 0 amide bonds. The van der Waals surface area contributed by atoms with Crippen molar-refractivity contribution in [2.75, 3.05) is 13.3 Å². The summed E-state index contributed by atoms with van der Waals surface area (Å²) in [6.45, 7) is 4.19. The molecule has 0 aliphatic carbocycles. The normalized spacial score (nSPS) is 14.8. The zero-order valence-electron chi connectivity index (χ0n) is 10.8. The van der Waals surface area contributed by atoms with Crippen molar-refractivity contribution in [2.45, 2.75) is 25.7 Å². The van der Waals surface area contributed by atoms with Crippen molar-refractivity contribution in [3.8, 4) is 11.5 Å². The van der Waals surface area contributed by atoms with Crippen LogP contribution >= 0.6 is 15.9 Å². The quantitative estimate of drug-likeness (QED) is 0.886. The first-order valence-electron chi connectivity index (χ1n) is 6.02. The van der Waals surface area contributed by atoms with Crippen molar-refractivity contribution in [3.05, 3.63) is 21.7 Å². The Morgan fingerprint density at radius 2 is 2.21 bits per heavy atom. The third kappa shape index (κ3) is 2.42. The lowest BCUT2D eigenvalue weighted by Crippen LogP contribution is -2.23. The largest absolute Gasteiger partial charge is 0.481 e. The molecule has 1 unspecified atom stereocenters. The molecule has 19 heavy (non-hydrogen) atoms. The van der Waals surface area contributed by atoms with Gasteiger partial charge in [0.1, 0.15) is 0 Å². The number of hydrogen-bond acceptors (Lipinski definition) is 4. The fourth-order valence-electron chi connectivity index (χ4n) is 2.27. The van der Waals surface area contributed by atoms with E-state index in [9.17, 15) is 9.90 Å². The molecule has 0 spiro atoms. The molecule has 1 aliphatic rings. The lowest BCUT2D eigenvalue weighted by atomic mass is 9.88. The molecular weight excluding hydrogens is 314 g/mol. The molecule has 104 valence electrons. The second kappa shape index (κ2) is 5.38. The first kappa shape index (κ1) is 14.1. The van der Waals surface area contributed by atoms with E-state index in [0.717, 1.165) is 10.0 Å². The van der Waals surface area contributed by atoms with E-state index in [0.29, 0.717) is 17.1 Å². The van der Waals surface area contributed by atoms with Crippen LogP contribution in [0.1, 0.15) is 36.8 Å². The molecule has 1 aromatic carbocycles. The molecule has 0 fully saturated rings. The van der Waals surface area contributed by atoms with Crippen LogP contribution in [-0.2, 0) is 4.79 Å². The Bertz CT molecular complexity index is 516. The van der Waals surface area contributed by atoms with Gasteiger partial charge < -0.3 is 20.3 Å². The maximum atomic E-state index is 11.3. The molecule has 3 N–H and O–H groups in total. The SMILES string of the molecule is CC(C)c1c(C(CN)C(=O)O)cc2c(c1Br)OCO2. The molecule has 2 rings (SSSR count). The van der Waals surface area contributed by atoms with Crippen molar-refractivity contribution in [1.29, 1.82) is 0 Å². The minimum Gasteiger partial charge on any atom is -0.481 e. The minimum atomic E-state index is -0.935. The standard InChI is InChI=1S/C13H16BrNO4/c1-6(2)10-7(8(4-15)13(16)17)3-9-12(11(10)14)19-5-18-9/h3,6,8H,4-5,15H2,1-2H3,(H,16,17). The van der Waals surface area contributed by atoms with Crippen LogP contribution in [-0.4, -0.2) is 24.4 Å². The van der Waals surface area contributed by atoms with Gasteiger partial charge in [-0.05, 0) is 39.0 Å². The summed E-state index contributed by atoms with van der Waals surface area (Å²) < 4.78 is 11.5. The van der Waals surface area contributed by atoms with Crippen molar-refractivity contribution >= 4 is 21.9 Å². The Morgan fingerprint density at radius 3 is 2.74 bits per heavy atom. The highest BCUT2D eigenvalue weighted by Crippen LogP contribution is 2.46. The van der Waals surface area contributed by atoms with Crippen LogP contribution in [0.2, 0.25) is 0 Å². The van der Waals surface area contributed by atoms with Gasteiger partial charge >= 0.3 is 5.97 Å². The Hall–Kier alpha value is -1.27. The number of halogens is 1. The van der Waals surface area contributed by atoms with Gasteiger partial charge in [0.25, 0.3) is 0 Å². The topological polar surface area (TPSA) is 81.8 Å². The Kier molecular flexibility index (Phi) is 4.01. The van der Waals surface area contributed by atoms with E-state index in [1.807, 2.05) is 13.8 Å². The molecule has 1 aliphatic heterocycles. The number of hydrogen-bond donors (Lipinski definition) is 2. The fraction of sp³-hybridized carbons (Fsp3) is 0.462. The number of carboxylic acid groups (broad SMARTS) is 1. The Labute approximate surface area is 119 Å². The second-order valence-electron chi connectivity index (χ2n) is 4.71. The zero-order valence-corrected chi connectivity index (χ0v) is 12.4. The van der Waals surface area contributed by atoms with Crippen LogP contribution in [0.15, 0.2) is 10.5 Å². The van der Waals surface area contributed by atoms with Gasteiger partial charge in [0.15, 0.2) is 11.5 Å². The van der Waals surface area contributed by atoms with E-state index < -0.39 is 11.9 Å². The van der Waals surface area contributed by atoms with E-state index in [4.69, 9.17) is 15.2 Å². The van der Waals surface area contributed by atoms with Gasteiger partial charge in [0.05, 0.1) is 10.4 Å². The van der Waals surface area contributed by atoms with Gasteiger partial charge in [-0.2, -0.15) is 0 Å². The number of benzene rings is 1. The van der Waals surface area contributed by atoms with Crippen LogP contribution in [0.5, 0.6) is 11.5 Å². The molecule has 6 heteroatoms. The molecule has 0 radical (unpaired) electrons. The van der Waals surface area contributed by atoms with Crippen molar-refractivity contribution < 1.29 is 19.4 Å². The Balaban J connectivity index is 2.65. The lowest BCUT2D eigenvalue weighted by molar-refractivity contribution is -0.138. The molecule has 1 atom stereocenters. The summed E-state index contributed by atoms with van der Waals surface area (Å²) in [5.74, 6) is -0.342. The third-order valence-electron chi connectivity index (χ3n) is 3.16. The second-order valence-corrected chi connectivity index (χ2v) is 5.50. The number of ether oxygens (including phenoxy) is 2. The van der Waals surface area contributed by atoms with Gasteiger partial charge in [-0.15, -0.1) is 0 Å². The number of carboxylic acids is 1. The van der Waals surface area contributed by atoms with E-state index in [1.54, 1.807) is 6.07 Å². The zero-order chi connectivity index (χ0) is 14.2. The summed E-state index contributed by atoms with van der Waals surface area (Å²) in [4.78, 5) is 11.3. The van der Waals surface area contributed by atoms with Crippen LogP contribution < -0.4 is 15.2 Å². The number of rotatable bonds is 4. The maximum Gasteiger partial charge on any atom is 0.312 e. The number of aliphatic carboxylic acids is 1. The molecule has 0 saturated heterocycles. The summed E-state index contributed by atoms with van der Waals surface area (Å²) in [5.41, 5.74) is 7.19. The van der Waals surface area contributed by atoms with E-state index in [1.165, 1.54) is 0 Å². The van der Waals surface area contributed by atoms with Crippen molar-refractivity contribution in [2.24, 2.45) is 5.73 Å². The van der Waals surface area contributed by atoms with Gasteiger partial charge in [0.2, 0.25) is 6.79 Å². The van der Waals surface area contributed by atoms with E-state index in [-0.39, 0.29) is 19.3 Å². The number of fused-ring (bicyclic) bond motifs is 1. The van der Waals surface area contributed by atoms with Crippen molar-refractivity contribution in [1.82, 2.24) is 0 Å². The smallest absolute Gasteiger partial charge is 0.312 e. The summed E-state index contributed by atoms with van der Waals surface area (Å²) in [6, 6.07) is 1.73. The summed E-state index contributed by atoms with van der Waals surface area (Å²) >= 11 is 3.49. The van der Waals surface area contributed by atoms with Crippen LogP contribution in [0.3, 0.4) is 0 Å². The average Bonchev–Trinajstić information content (AvgIpc) is 2.77. The van der Waals surface area contributed by atoms with Crippen LogP contribution in [0.25, 0.3) is 0 Å². The highest BCUT2D eigenvalue weighted by Gasteiger charge is 2.30. The summed E-state index contributed by atoms with van der Waals surface area (Å²) in [7, 11) is 0. The third-order valence-corrected chi connectivity index (χ3v) is 3.95. The van der Waals surface area contributed by atoms with Crippen LogP contribution in [0.4, 0.5) is 0 Å². The predicted molar refractivity (Wildman–Crippen MR) is 73.8 cm³/mol. The summed E-state index contributed by atoms with van der Waals surface area (Å²) in [6.07, 6.45) is 0. The molecule has 0 bridgehead atoms. The molecule has 5 nitrogen and oxygen atoms in total. The first-order chi connectivity index (χ1) is 8.97. The lowest BCUT2D eigenvalue weighted by Gasteiger charge is -2.20. The van der Waals surface area contributed by atoms with E-state index >= 15 is 0 Å². The number of nitrogens with two attached hydrogens (primary N) is 1. The molecular formula is C13H16BrNO4. The van der Waals surface area contributed by atoms with Gasteiger partial charge in [-0.25, -0.2) is 0 Å². The van der Waals surface area contributed by atoms with Gasteiger partial charge in [-0.3, -0.25) is 4.79 Å². The average molecular weight is 330 g/mol. The highest BCUT2D eigenvalue weighted by atomic mass is 79.9. The number of carbonyl (C=O) groups is 1. The van der Waals surface area contributed by atoms with Gasteiger partial charge in [0, 0.05) is 6.54 Å². The monoisotopic (exact) mass is 329 g/mol. The Morgan fingerprint density at radius 1 is 1.53 bits per heavy atom. The molecule has 0 aromatic heterocycles. The van der Waals surface area contributed by atoms with Crippen molar-refractivity contribution in [3.63, 3.8) is 0 Å². The summed E-state index contributed by atoms with van der Waals surface area (Å²) in [5, 5.41) is 9.30. The fourth-order valence-corrected chi connectivity index (χ4v) is 3.27. The highest BCUT2D eigenvalue weighted by molar-refractivity contribution is 9.10. The van der Waals surface area contributed by atoms with Gasteiger partial charge in [-0.1, -0.05) is 13.8 Å². The minimum absolute atomic E-state index is 0.0428. The van der Waals surface area contributed by atoms with E-state index in [2.05, 4.69) is 15.9 Å². The van der Waals surface area contributed by atoms with Crippen LogP contribution in [0, 0.1) is 0 Å². The molecule has 1 heterocycles. The predicted octanol–water partition coefficient (Wildman–Crippen LogP) is 2.43. The molecule has 1 aromatic rings. The first-order valence-corrected chi connectivity index (χ1v) is 6.81. The molecule has 0 saturated carbocycles.